The molecule has 0 fully saturated rings. The SMILES string of the molecule is Cc1n[nH]c(=O)c(N)c1-c1cc(-c2ccc(Cl)c(Cl)c2)n[nH]1. The van der Waals surface area contributed by atoms with Gasteiger partial charge in [0.25, 0.3) is 5.56 Å². The minimum absolute atomic E-state index is 0.0943. The average Bonchev–Trinajstić information content (AvgIpc) is 2.96. The molecule has 3 rings (SSSR count). The highest BCUT2D eigenvalue weighted by molar-refractivity contribution is 6.42. The van der Waals surface area contributed by atoms with Gasteiger partial charge in [-0.05, 0) is 25.1 Å². The van der Waals surface area contributed by atoms with Crippen LogP contribution >= 0.6 is 23.2 Å². The fourth-order valence-electron chi connectivity index (χ4n) is 2.15. The standard InChI is InChI=1S/C14H11Cl2N5O/c1-6-12(13(17)14(22)21-18-6)11-5-10(19-20-11)7-2-3-8(15)9(16)4-7/h2-5H,1H3,(H2,17,18)(H,19,20)(H,21,22). The Morgan fingerprint density at radius 3 is 2.59 bits per heavy atom. The summed E-state index contributed by atoms with van der Waals surface area (Å²) in [4.78, 5) is 11.6. The Bertz CT molecular complexity index is 916. The maximum atomic E-state index is 11.6. The maximum absolute atomic E-state index is 11.6. The van der Waals surface area contributed by atoms with Crippen molar-refractivity contribution in [3.8, 4) is 22.5 Å². The lowest BCUT2D eigenvalue weighted by molar-refractivity contribution is 0.949. The van der Waals surface area contributed by atoms with E-state index in [2.05, 4.69) is 20.4 Å². The lowest BCUT2D eigenvalue weighted by atomic mass is 10.1. The number of anilines is 1. The van der Waals surface area contributed by atoms with Crippen LogP contribution in [-0.4, -0.2) is 20.4 Å². The zero-order chi connectivity index (χ0) is 15.9. The van der Waals surface area contributed by atoms with E-state index < -0.39 is 5.56 Å². The van der Waals surface area contributed by atoms with Crippen LogP contribution in [0.1, 0.15) is 5.69 Å². The molecule has 22 heavy (non-hydrogen) atoms. The van der Waals surface area contributed by atoms with Crippen LogP contribution in [0.5, 0.6) is 0 Å². The molecule has 1 aromatic carbocycles. The number of aryl methyl sites for hydroxylation is 1. The van der Waals surface area contributed by atoms with Gasteiger partial charge in [-0.1, -0.05) is 29.3 Å². The first-order valence-electron chi connectivity index (χ1n) is 6.33. The molecule has 0 bridgehead atoms. The number of rotatable bonds is 2. The van der Waals surface area contributed by atoms with E-state index in [4.69, 9.17) is 28.9 Å². The minimum Gasteiger partial charge on any atom is -0.394 e. The summed E-state index contributed by atoms with van der Waals surface area (Å²) >= 11 is 11.9. The molecule has 8 heteroatoms. The number of nitrogens with zero attached hydrogens (tertiary/aromatic N) is 2. The third-order valence-corrected chi connectivity index (χ3v) is 4.00. The van der Waals surface area contributed by atoms with Crippen molar-refractivity contribution >= 4 is 28.9 Å². The van der Waals surface area contributed by atoms with Crippen molar-refractivity contribution in [2.45, 2.75) is 6.92 Å². The zero-order valence-corrected chi connectivity index (χ0v) is 13.0. The average molecular weight is 336 g/mol. The lowest BCUT2D eigenvalue weighted by Gasteiger charge is -2.04. The molecule has 0 spiro atoms. The van der Waals surface area contributed by atoms with E-state index in [1.165, 1.54) is 0 Å². The Hall–Kier alpha value is -2.31. The van der Waals surface area contributed by atoms with Crippen LogP contribution in [0, 0.1) is 6.92 Å². The number of halogens is 2. The van der Waals surface area contributed by atoms with Gasteiger partial charge in [-0.25, -0.2) is 5.10 Å². The molecule has 2 heterocycles. The van der Waals surface area contributed by atoms with Crippen LogP contribution in [0.25, 0.3) is 22.5 Å². The van der Waals surface area contributed by atoms with Gasteiger partial charge in [0.2, 0.25) is 0 Å². The molecule has 0 radical (unpaired) electrons. The van der Waals surface area contributed by atoms with Gasteiger partial charge in [-0.3, -0.25) is 9.89 Å². The predicted molar refractivity (Wildman–Crippen MR) is 87.0 cm³/mol. The molecule has 4 N–H and O–H groups in total. The quantitative estimate of drug-likeness (QED) is 0.669. The molecule has 0 saturated heterocycles. The number of aromatic nitrogens is 4. The van der Waals surface area contributed by atoms with Crippen molar-refractivity contribution in [3.63, 3.8) is 0 Å². The highest BCUT2D eigenvalue weighted by Crippen LogP contribution is 2.31. The van der Waals surface area contributed by atoms with Gasteiger partial charge in [-0.15, -0.1) is 0 Å². The number of H-pyrrole nitrogens is 2. The summed E-state index contributed by atoms with van der Waals surface area (Å²) in [6, 6.07) is 7.00. The molecule has 0 amide bonds. The number of nitrogens with one attached hydrogen (secondary N) is 2. The van der Waals surface area contributed by atoms with Gasteiger partial charge in [0, 0.05) is 5.56 Å². The van der Waals surface area contributed by atoms with E-state index in [-0.39, 0.29) is 5.69 Å². The second kappa shape index (κ2) is 5.47. The normalized spacial score (nSPS) is 10.9. The molecule has 0 atom stereocenters. The van der Waals surface area contributed by atoms with Crippen LogP contribution in [-0.2, 0) is 0 Å². The molecule has 0 saturated carbocycles. The van der Waals surface area contributed by atoms with E-state index in [1.807, 2.05) is 0 Å². The third kappa shape index (κ3) is 2.47. The Kier molecular flexibility index (Phi) is 3.64. The molecule has 0 aliphatic heterocycles. The smallest absolute Gasteiger partial charge is 0.287 e. The van der Waals surface area contributed by atoms with Crippen LogP contribution in [0.15, 0.2) is 29.1 Å². The molecule has 112 valence electrons. The summed E-state index contributed by atoms with van der Waals surface area (Å²) in [5, 5.41) is 14.3. The topological polar surface area (TPSA) is 100 Å². The number of benzene rings is 1. The van der Waals surface area contributed by atoms with Crippen molar-refractivity contribution < 1.29 is 0 Å². The highest BCUT2D eigenvalue weighted by Gasteiger charge is 2.14. The Balaban J connectivity index is 2.10. The van der Waals surface area contributed by atoms with Gasteiger partial charge in [0.1, 0.15) is 5.69 Å². The number of nitrogen functional groups attached to an aromatic ring is 1. The first-order valence-corrected chi connectivity index (χ1v) is 7.09. The molecule has 0 aliphatic carbocycles. The fourth-order valence-corrected chi connectivity index (χ4v) is 2.45. The van der Waals surface area contributed by atoms with E-state index >= 15 is 0 Å². The minimum atomic E-state index is -0.439. The second-order valence-corrected chi connectivity index (χ2v) is 5.54. The molecule has 0 unspecified atom stereocenters. The first-order chi connectivity index (χ1) is 10.5. The van der Waals surface area contributed by atoms with Gasteiger partial charge in [0.05, 0.1) is 32.7 Å². The van der Waals surface area contributed by atoms with E-state index in [0.29, 0.717) is 32.7 Å². The summed E-state index contributed by atoms with van der Waals surface area (Å²) in [7, 11) is 0. The largest absolute Gasteiger partial charge is 0.394 e. The summed E-state index contributed by atoms with van der Waals surface area (Å²) in [6.45, 7) is 1.75. The van der Waals surface area contributed by atoms with Crippen LogP contribution in [0.3, 0.4) is 0 Å². The van der Waals surface area contributed by atoms with Gasteiger partial charge >= 0.3 is 0 Å². The summed E-state index contributed by atoms with van der Waals surface area (Å²) in [6.07, 6.45) is 0. The van der Waals surface area contributed by atoms with E-state index in [1.54, 1.807) is 31.2 Å². The summed E-state index contributed by atoms with van der Waals surface area (Å²) in [5.41, 5.74) is 8.68. The van der Waals surface area contributed by atoms with E-state index in [9.17, 15) is 4.79 Å². The predicted octanol–water partition coefficient (Wildman–Crippen LogP) is 3.02. The number of hydrogen-bond donors (Lipinski definition) is 3. The lowest BCUT2D eigenvalue weighted by Crippen LogP contribution is -2.16. The summed E-state index contributed by atoms with van der Waals surface area (Å²) in [5.74, 6) is 0. The Morgan fingerprint density at radius 2 is 1.86 bits per heavy atom. The fraction of sp³-hybridized carbons (Fsp3) is 0.0714. The van der Waals surface area contributed by atoms with Crippen molar-refractivity contribution in [2.75, 3.05) is 5.73 Å². The highest BCUT2D eigenvalue weighted by atomic mass is 35.5. The van der Waals surface area contributed by atoms with Gasteiger partial charge in [-0.2, -0.15) is 10.2 Å². The number of aromatic amines is 2. The van der Waals surface area contributed by atoms with Gasteiger partial charge in [0.15, 0.2) is 0 Å². The van der Waals surface area contributed by atoms with Crippen molar-refractivity contribution in [1.29, 1.82) is 0 Å². The molecule has 0 aliphatic rings. The van der Waals surface area contributed by atoms with Crippen LogP contribution in [0.4, 0.5) is 5.69 Å². The number of nitrogens with two attached hydrogens (primary N) is 1. The second-order valence-electron chi connectivity index (χ2n) is 4.72. The molecule has 2 aromatic heterocycles. The molecule has 6 nitrogen and oxygen atoms in total. The molecular weight excluding hydrogens is 325 g/mol. The summed E-state index contributed by atoms with van der Waals surface area (Å²) < 4.78 is 0. The first kappa shape index (κ1) is 14.6. The van der Waals surface area contributed by atoms with Crippen molar-refractivity contribution in [3.05, 3.63) is 50.4 Å². The van der Waals surface area contributed by atoms with E-state index in [0.717, 1.165) is 5.56 Å². The van der Waals surface area contributed by atoms with Crippen molar-refractivity contribution in [2.24, 2.45) is 0 Å². The Labute approximate surface area is 135 Å². The number of hydrogen-bond acceptors (Lipinski definition) is 4. The van der Waals surface area contributed by atoms with Crippen molar-refractivity contribution in [1.82, 2.24) is 20.4 Å². The Morgan fingerprint density at radius 1 is 1.09 bits per heavy atom. The third-order valence-electron chi connectivity index (χ3n) is 3.26. The van der Waals surface area contributed by atoms with Crippen LogP contribution in [0.2, 0.25) is 10.0 Å². The monoisotopic (exact) mass is 335 g/mol. The molecule has 3 aromatic rings. The zero-order valence-electron chi connectivity index (χ0n) is 11.4. The van der Waals surface area contributed by atoms with Crippen LogP contribution < -0.4 is 11.3 Å². The maximum Gasteiger partial charge on any atom is 0.287 e. The molecular formula is C14H11Cl2N5O. The van der Waals surface area contributed by atoms with Gasteiger partial charge < -0.3 is 5.73 Å².